The van der Waals surface area contributed by atoms with Crippen molar-refractivity contribution in [2.45, 2.75) is 19.9 Å². The predicted octanol–water partition coefficient (Wildman–Crippen LogP) is 5.78. The third-order valence-electron chi connectivity index (χ3n) is 5.57. The van der Waals surface area contributed by atoms with Gasteiger partial charge in [0.25, 0.3) is 5.88 Å². The summed E-state index contributed by atoms with van der Waals surface area (Å²) < 4.78 is 41.5. The van der Waals surface area contributed by atoms with Crippen molar-refractivity contribution in [3.63, 3.8) is 0 Å². The third-order valence-corrected chi connectivity index (χ3v) is 5.98. The number of hydrogen-bond acceptors (Lipinski definition) is 7. The molecule has 0 unspecified atom stereocenters. The van der Waals surface area contributed by atoms with Gasteiger partial charge in [-0.1, -0.05) is 29.8 Å². The number of aromatic nitrogens is 4. The van der Waals surface area contributed by atoms with Crippen molar-refractivity contribution in [1.82, 2.24) is 35.7 Å². The van der Waals surface area contributed by atoms with Crippen molar-refractivity contribution >= 4 is 34.9 Å². The van der Waals surface area contributed by atoms with E-state index in [1.165, 1.54) is 53.6 Å². The first-order chi connectivity index (χ1) is 18.6. The highest BCUT2D eigenvalue weighted by Gasteiger charge is 2.22. The number of nitrogens with one attached hydrogen (secondary N) is 2. The van der Waals surface area contributed by atoms with Gasteiger partial charge < -0.3 is 14.6 Å². The fraction of sp³-hybridized carbons (Fsp3) is 0.200. The molecule has 0 spiro atoms. The summed E-state index contributed by atoms with van der Waals surface area (Å²) in [6, 6.07) is 3.87. The molecule has 3 aromatic heterocycles. The Kier molecular flexibility index (Phi) is 8.36. The highest BCUT2D eigenvalue weighted by Crippen LogP contribution is 2.33. The van der Waals surface area contributed by atoms with E-state index >= 15 is 4.39 Å². The number of benzene rings is 1. The van der Waals surface area contributed by atoms with Crippen LogP contribution in [-0.4, -0.2) is 44.6 Å². The average molecular weight is 578 g/mol. The van der Waals surface area contributed by atoms with Gasteiger partial charge in [-0.15, -0.1) is 0 Å². The lowest BCUT2D eigenvalue weighted by molar-refractivity contribution is 0.183. The van der Waals surface area contributed by atoms with Crippen LogP contribution in [-0.2, 0) is 0 Å². The summed E-state index contributed by atoms with van der Waals surface area (Å²) in [5, 5.41) is 12.0. The lowest BCUT2D eigenvalue weighted by Crippen LogP contribution is -2.48. The molecule has 2 amide bonds. The van der Waals surface area contributed by atoms with Gasteiger partial charge in [0.1, 0.15) is 11.5 Å². The van der Waals surface area contributed by atoms with Crippen molar-refractivity contribution in [3.8, 4) is 22.7 Å². The van der Waals surface area contributed by atoms with Crippen molar-refractivity contribution in [2.75, 3.05) is 13.7 Å². The van der Waals surface area contributed by atoms with Crippen molar-refractivity contribution in [2.24, 2.45) is 0 Å². The lowest BCUT2D eigenvalue weighted by atomic mass is 10.0. The van der Waals surface area contributed by atoms with Gasteiger partial charge in [-0.3, -0.25) is 10.4 Å². The standard InChI is InChI=1S/C25H23Cl2F2N7O3/c1-5-35(33-13(2)21-9-22(38-4)34-39-21)25(37)32-14(3)23-19(28)6-15(10-30-23)18-7-16(26)8-20(29)24(18)36-12-17(27)11-31-36/h6-12,14,33H,2,5H2,1,3-4H3,(H,32,37)/t14-/m1/s1. The molecule has 1 atom stereocenters. The maximum absolute atomic E-state index is 15.3. The van der Waals surface area contributed by atoms with Crippen LogP contribution in [0.15, 0.2) is 54.0 Å². The lowest BCUT2D eigenvalue weighted by Gasteiger charge is -2.25. The fourth-order valence-electron chi connectivity index (χ4n) is 3.68. The van der Waals surface area contributed by atoms with Crippen LogP contribution in [0.25, 0.3) is 22.5 Å². The molecule has 0 bridgehead atoms. The Bertz CT molecular complexity index is 1530. The number of methoxy groups -OCH3 is 1. The summed E-state index contributed by atoms with van der Waals surface area (Å²) in [6.45, 7) is 7.37. The largest absolute Gasteiger partial charge is 0.479 e. The molecule has 39 heavy (non-hydrogen) atoms. The molecule has 0 radical (unpaired) electrons. The number of ether oxygens (including phenoxy) is 1. The Morgan fingerprint density at radius 3 is 2.59 bits per heavy atom. The van der Waals surface area contributed by atoms with E-state index < -0.39 is 23.7 Å². The normalized spacial score (nSPS) is 11.7. The summed E-state index contributed by atoms with van der Waals surface area (Å²) in [7, 11) is 1.44. The van der Waals surface area contributed by atoms with Crippen molar-refractivity contribution < 1.29 is 22.8 Å². The van der Waals surface area contributed by atoms with Gasteiger partial charge in [-0.05, 0) is 37.2 Å². The second-order valence-corrected chi connectivity index (χ2v) is 9.09. The molecule has 0 aliphatic heterocycles. The van der Waals surface area contributed by atoms with Gasteiger partial charge in [0.2, 0.25) is 0 Å². The molecular formula is C25H23Cl2F2N7O3. The van der Waals surface area contributed by atoms with E-state index in [9.17, 15) is 9.18 Å². The second kappa shape index (κ2) is 11.7. The maximum Gasteiger partial charge on any atom is 0.336 e. The summed E-state index contributed by atoms with van der Waals surface area (Å²) in [5.74, 6) is -0.886. The zero-order valence-electron chi connectivity index (χ0n) is 21.0. The smallest absolute Gasteiger partial charge is 0.336 e. The van der Waals surface area contributed by atoms with E-state index in [4.69, 9.17) is 32.5 Å². The van der Waals surface area contributed by atoms with Crippen LogP contribution in [0.4, 0.5) is 13.6 Å². The summed E-state index contributed by atoms with van der Waals surface area (Å²) in [4.78, 5) is 17.1. The van der Waals surface area contributed by atoms with Crippen LogP contribution in [0.5, 0.6) is 5.88 Å². The van der Waals surface area contributed by atoms with Gasteiger partial charge >= 0.3 is 6.03 Å². The number of hydrazine groups is 1. The molecule has 204 valence electrons. The number of carbonyl (C=O) groups excluding carboxylic acids is 1. The minimum absolute atomic E-state index is 0.0240. The quantitative estimate of drug-likeness (QED) is 0.242. The molecule has 0 aliphatic carbocycles. The fourth-order valence-corrected chi connectivity index (χ4v) is 4.02. The van der Waals surface area contributed by atoms with Gasteiger partial charge in [0.05, 0.1) is 41.8 Å². The Morgan fingerprint density at radius 1 is 1.21 bits per heavy atom. The van der Waals surface area contributed by atoms with E-state index in [1.54, 1.807) is 13.8 Å². The van der Waals surface area contributed by atoms with Gasteiger partial charge in [0, 0.05) is 35.1 Å². The van der Waals surface area contributed by atoms with Crippen LogP contribution in [0, 0.1) is 11.6 Å². The molecule has 0 fully saturated rings. The Morgan fingerprint density at radius 2 is 1.97 bits per heavy atom. The zero-order valence-corrected chi connectivity index (χ0v) is 22.5. The highest BCUT2D eigenvalue weighted by molar-refractivity contribution is 6.31. The van der Waals surface area contributed by atoms with Gasteiger partial charge in [-0.25, -0.2) is 23.3 Å². The topological polar surface area (TPSA) is 110 Å². The first-order valence-electron chi connectivity index (χ1n) is 11.5. The highest BCUT2D eigenvalue weighted by atomic mass is 35.5. The van der Waals surface area contributed by atoms with E-state index in [0.29, 0.717) is 5.02 Å². The molecule has 0 saturated carbocycles. The third kappa shape index (κ3) is 6.13. The molecule has 2 N–H and O–H groups in total. The molecule has 0 saturated heterocycles. The summed E-state index contributed by atoms with van der Waals surface area (Å²) in [6.07, 6.45) is 4.11. The zero-order chi connectivity index (χ0) is 28.3. The van der Waals surface area contributed by atoms with E-state index in [0.717, 1.165) is 6.07 Å². The summed E-state index contributed by atoms with van der Waals surface area (Å²) >= 11 is 12.0. The molecular weight excluding hydrogens is 555 g/mol. The first-order valence-corrected chi connectivity index (χ1v) is 12.3. The number of hydrogen-bond donors (Lipinski definition) is 2. The van der Waals surface area contributed by atoms with E-state index in [1.807, 2.05) is 0 Å². The molecule has 4 rings (SSSR count). The minimum Gasteiger partial charge on any atom is -0.479 e. The number of nitrogens with zero attached hydrogens (tertiary/aromatic N) is 5. The number of rotatable bonds is 9. The van der Waals surface area contributed by atoms with Crippen LogP contribution in [0.3, 0.4) is 0 Å². The maximum atomic E-state index is 15.3. The van der Waals surface area contributed by atoms with E-state index in [-0.39, 0.29) is 51.4 Å². The predicted molar refractivity (Wildman–Crippen MR) is 141 cm³/mol. The molecule has 1 aromatic carbocycles. The van der Waals surface area contributed by atoms with Crippen LogP contribution in [0.1, 0.15) is 31.3 Å². The minimum atomic E-state index is -0.832. The first kappa shape index (κ1) is 27.9. The second-order valence-electron chi connectivity index (χ2n) is 8.22. The van der Waals surface area contributed by atoms with Gasteiger partial charge in [-0.2, -0.15) is 5.10 Å². The number of halogens is 4. The molecule has 3 heterocycles. The number of urea groups is 1. The molecule has 0 aliphatic rings. The van der Waals surface area contributed by atoms with Gasteiger partial charge in [0.15, 0.2) is 11.6 Å². The number of pyridine rings is 1. The average Bonchev–Trinajstić information content (AvgIpc) is 3.55. The van der Waals surface area contributed by atoms with Crippen LogP contribution < -0.4 is 15.5 Å². The Labute approximate surface area is 232 Å². The van der Waals surface area contributed by atoms with E-state index in [2.05, 4.69) is 32.6 Å². The summed E-state index contributed by atoms with van der Waals surface area (Å²) in [5.41, 5.74) is 3.55. The monoisotopic (exact) mass is 577 g/mol. The molecule has 4 aromatic rings. The Hall–Kier alpha value is -4.16. The number of carbonyl (C=O) groups is 1. The van der Waals surface area contributed by atoms with Crippen LogP contribution in [0.2, 0.25) is 10.0 Å². The molecule has 14 heteroatoms. The SMILES string of the molecule is C=C(NN(CC)C(=O)N[C@H](C)c1ncc(-c2cc(Cl)cc(F)c2-n2cc(Cl)cn2)cc1F)c1cc(OC)no1. The Balaban J connectivity index is 1.53. The molecule has 10 nitrogen and oxygen atoms in total. The van der Waals surface area contributed by atoms with Crippen molar-refractivity contribution in [1.29, 1.82) is 0 Å². The number of amides is 2. The van der Waals surface area contributed by atoms with Crippen LogP contribution >= 0.6 is 23.2 Å². The van der Waals surface area contributed by atoms with Crippen molar-refractivity contribution in [3.05, 3.63) is 82.6 Å².